The minimum Gasteiger partial charge on any atom is -0.462 e. The zero-order valence-corrected chi connectivity index (χ0v) is 47.7. The van der Waals surface area contributed by atoms with Crippen molar-refractivity contribution in [2.24, 2.45) is 5.73 Å². The van der Waals surface area contributed by atoms with E-state index in [1.54, 1.807) is 0 Å². The van der Waals surface area contributed by atoms with E-state index >= 15 is 0 Å². The highest BCUT2D eigenvalue weighted by Crippen LogP contribution is 2.43. The molecule has 0 aliphatic heterocycles. The van der Waals surface area contributed by atoms with E-state index in [9.17, 15) is 19.0 Å². The van der Waals surface area contributed by atoms with E-state index in [0.717, 1.165) is 89.9 Å². The molecule has 420 valence electrons. The predicted molar refractivity (Wildman–Crippen MR) is 312 cm³/mol. The number of carbonyl (C=O) groups excluding carboxylic acids is 2. The maximum absolute atomic E-state index is 12.7. The summed E-state index contributed by atoms with van der Waals surface area (Å²) in [6, 6.07) is 0. The Kier molecular flexibility index (Phi) is 55.7. The first-order valence-electron chi connectivity index (χ1n) is 29.7. The number of rotatable bonds is 55. The molecule has 0 spiro atoms. The monoisotopic (exact) mass is 1040 g/mol. The highest BCUT2D eigenvalue weighted by Gasteiger charge is 2.26. The lowest BCUT2D eigenvalue weighted by molar-refractivity contribution is -0.161. The van der Waals surface area contributed by atoms with Gasteiger partial charge in [0.2, 0.25) is 0 Å². The molecule has 73 heavy (non-hydrogen) atoms. The van der Waals surface area contributed by atoms with Gasteiger partial charge in [-0.05, 0) is 89.9 Å². The van der Waals surface area contributed by atoms with Crippen LogP contribution >= 0.6 is 7.82 Å². The average Bonchev–Trinajstić information content (AvgIpc) is 3.38. The van der Waals surface area contributed by atoms with Crippen molar-refractivity contribution in [1.29, 1.82) is 0 Å². The van der Waals surface area contributed by atoms with E-state index in [1.165, 1.54) is 135 Å². The third-order valence-electron chi connectivity index (χ3n) is 12.5. The van der Waals surface area contributed by atoms with Crippen LogP contribution in [-0.4, -0.2) is 49.3 Å². The Morgan fingerprint density at radius 1 is 0.411 bits per heavy atom. The van der Waals surface area contributed by atoms with Gasteiger partial charge in [0.05, 0.1) is 13.2 Å². The number of hydrogen-bond acceptors (Lipinski definition) is 8. The van der Waals surface area contributed by atoms with E-state index in [2.05, 4.69) is 111 Å². The van der Waals surface area contributed by atoms with Crippen molar-refractivity contribution in [3.8, 4) is 0 Å². The summed E-state index contributed by atoms with van der Waals surface area (Å²) in [6.07, 6.45) is 77.5. The summed E-state index contributed by atoms with van der Waals surface area (Å²) in [7, 11) is -4.39. The van der Waals surface area contributed by atoms with E-state index in [4.69, 9.17) is 24.3 Å². The molecule has 0 aliphatic carbocycles. The van der Waals surface area contributed by atoms with Gasteiger partial charge in [-0.3, -0.25) is 18.6 Å². The van der Waals surface area contributed by atoms with Gasteiger partial charge < -0.3 is 20.1 Å². The quantitative estimate of drug-likeness (QED) is 0.0264. The molecule has 2 atom stereocenters. The molecule has 0 saturated carbocycles. The number of esters is 2. The molecule has 0 saturated heterocycles. The fraction of sp³-hybridized carbons (Fsp3) is 0.714. The molecule has 0 amide bonds. The number of allylic oxidation sites excluding steroid dienone is 16. The van der Waals surface area contributed by atoms with Crippen LogP contribution in [0.1, 0.15) is 258 Å². The smallest absolute Gasteiger partial charge is 0.462 e. The topological polar surface area (TPSA) is 134 Å². The first-order valence-corrected chi connectivity index (χ1v) is 31.2. The molecule has 0 fully saturated rings. The summed E-state index contributed by atoms with van der Waals surface area (Å²) in [5, 5.41) is 0. The van der Waals surface area contributed by atoms with Gasteiger partial charge in [-0.15, -0.1) is 0 Å². The van der Waals surface area contributed by atoms with Crippen molar-refractivity contribution in [2.45, 2.75) is 264 Å². The Morgan fingerprint density at radius 3 is 1.05 bits per heavy atom. The lowest BCUT2D eigenvalue weighted by Crippen LogP contribution is -2.29. The van der Waals surface area contributed by atoms with E-state index in [-0.39, 0.29) is 38.6 Å². The predicted octanol–water partition coefficient (Wildman–Crippen LogP) is 18.8. The summed E-state index contributed by atoms with van der Waals surface area (Å²) < 4.78 is 33.1. The van der Waals surface area contributed by atoms with Crippen LogP contribution in [0.5, 0.6) is 0 Å². The molecule has 0 rings (SSSR count). The lowest BCUT2D eigenvalue weighted by atomic mass is 10.0. The first-order chi connectivity index (χ1) is 35.8. The number of phosphoric acid groups is 1. The molecule has 0 heterocycles. The van der Waals surface area contributed by atoms with Gasteiger partial charge in [-0.25, -0.2) is 4.57 Å². The fourth-order valence-corrected chi connectivity index (χ4v) is 8.91. The number of ether oxygens (including phenoxy) is 2. The van der Waals surface area contributed by atoms with Crippen LogP contribution in [0.25, 0.3) is 0 Å². The molecule has 0 aromatic carbocycles. The van der Waals surface area contributed by atoms with Crippen LogP contribution in [0.3, 0.4) is 0 Å². The number of unbranched alkanes of at least 4 members (excludes halogenated alkanes) is 26. The molecule has 0 radical (unpaired) electrons. The fourth-order valence-electron chi connectivity index (χ4n) is 8.15. The molecular weight excluding hydrogens is 930 g/mol. The van der Waals surface area contributed by atoms with Crippen LogP contribution in [0, 0.1) is 0 Å². The van der Waals surface area contributed by atoms with Crippen molar-refractivity contribution in [3.05, 3.63) is 97.2 Å². The Labute approximate surface area is 448 Å². The first kappa shape index (κ1) is 69.9. The van der Waals surface area contributed by atoms with Crippen LogP contribution in [0.4, 0.5) is 0 Å². The number of hydrogen-bond donors (Lipinski definition) is 2. The number of nitrogens with two attached hydrogens (primary N) is 1. The molecule has 0 aromatic rings. The summed E-state index contributed by atoms with van der Waals surface area (Å²) in [6.45, 7) is 3.53. The summed E-state index contributed by atoms with van der Waals surface area (Å²) in [5.41, 5.74) is 5.39. The zero-order valence-electron chi connectivity index (χ0n) is 46.8. The molecule has 0 bridgehead atoms. The molecular formula is C63H110NO8P. The van der Waals surface area contributed by atoms with Gasteiger partial charge in [-0.2, -0.15) is 0 Å². The average molecular weight is 1040 g/mol. The van der Waals surface area contributed by atoms with Crippen molar-refractivity contribution in [3.63, 3.8) is 0 Å². The van der Waals surface area contributed by atoms with Crippen LogP contribution in [0.15, 0.2) is 97.2 Å². The molecule has 0 aliphatic rings. The Bertz CT molecular complexity index is 1510. The third-order valence-corrected chi connectivity index (χ3v) is 13.4. The van der Waals surface area contributed by atoms with Crippen molar-refractivity contribution < 1.29 is 37.6 Å². The summed E-state index contributed by atoms with van der Waals surface area (Å²) in [4.78, 5) is 35.2. The largest absolute Gasteiger partial charge is 0.472 e. The van der Waals surface area contributed by atoms with Gasteiger partial charge in [0.25, 0.3) is 0 Å². The second kappa shape index (κ2) is 58.2. The SMILES string of the molecule is CC/C=C\C/C=C\C/C=C\C/C=C\CCCCCCCCCCCCCCCCC(=O)OC(COC(=O)CCCCCCCCCCCCCC/C=C\C/C=C\C/C=C\C/C=C\CC)COP(=O)(O)OCCN. The number of carbonyl (C=O) groups is 2. The highest BCUT2D eigenvalue weighted by molar-refractivity contribution is 7.47. The molecule has 0 aromatic heterocycles. The second-order valence-electron chi connectivity index (χ2n) is 19.5. The number of phosphoric ester groups is 1. The Hall–Kier alpha value is -3.07. The van der Waals surface area contributed by atoms with Crippen LogP contribution < -0.4 is 5.73 Å². The van der Waals surface area contributed by atoms with Crippen molar-refractivity contribution in [2.75, 3.05) is 26.4 Å². The maximum atomic E-state index is 12.7. The molecule has 2 unspecified atom stereocenters. The minimum absolute atomic E-state index is 0.0498. The van der Waals surface area contributed by atoms with Gasteiger partial charge in [-0.1, -0.05) is 252 Å². The minimum atomic E-state index is -4.39. The summed E-state index contributed by atoms with van der Waals surface area (Å²) >= 11 is 0. The standard InChI is InChI=1S/C63H110NO8P/c1-3-5-7-9-11-13-15-17-19-21-23-25-27-29-30-32-34-36-38-40-42-44-46-48-50-52-54-56-63(66)72-61(60-71-73(67,68)70-58-57-64)59-69-62(65)55-53-51-49-47-45-43-41-39-37-35-33-31-28-26-24-22-20-18-16-14-12-10-8-6-4-2/h5-8,11-14,17-20,23-26,61H,3-4,9-10,15-16,21-22,27-60,64H2,1-2H3,(H,67,68)/b7-5-,8-6-,13-11-,14-12-,19-17-,20-18-,25-23-,26-24-. The van der Waals surface area contributed by atoms with E-state index < -0.39 is 26.5 Å². The zero-order chi connectivity index (χ0) is 53.1. The van der Waals surface area contributed by atoms with Gasteiger partial charge in [0.1, 0.15) is 6.61 Å². The van der Waals surface area contributed by atoms with Crippen LogP contribution in [0.2, 0.25) is 0 Å². The Morgan fingerprint density at radius 2 is 0.712 bits per heavy atom. The Balaban J connectivity index is 3.96. The normalized spacial score (nSPS) is 13.8. The maximum Gasteiger partial charge on any atom is 0.472 e. The third kappa shape index (κ3) is 58.1. The van der Waals surface area contributed by atoms with Crippen molar-refractivity contribution in [1.82, 2.24) is 0 Å². The second-order valence-corrected chi connectivity index (χ2v) is 20.9. The summed E-state index contributed by atoms with van der Waals surface area (Å²) in [5.74, 6) is -0.828. The van der Waals surface area contributed by atoms with Gasteiger partial charge in [0, 0.05) is 19.4 Å². The lowest BCUT2D eigenvalue weighted by Gasteiger charge is -2.19. The molecule has 9 nitrogen and oxygen atoms in total. The molecule has 3 N–H and O–H groups in total. The molecule has 10 heteroatoms. The van der Waals surface area contributed by atoms with Crippen LogP contribution in [-0.2, 0) is 32.7 Å². The van der Waals surface area contributed by atoms with Gasteiger partial charge in [0.15, 0.2) is 6.10 Å². The highest BCUT2D eigenvalue weighted by atomic mass is 31.2. The van der Waals surface area contributed by atoms with E-state index in [0.29, 0.717) is 6.42 Å². The van der Waals surface area contributed by atoms with Crippen molar-refractivity contribution >= 4 is 19.8 Å². The van der Waals surface area contributed by atoms with Gasteiger partial charge >= 0.3 is 19.8 Å². The van der Waals surface area contributed by atoms with E-state index in [1.807, 2.05) is 0 Å².